The van der Waals surface area contributed by atoms with E-state index in [0.717, 1.165) is 42.2 Å². The van der Waals surface area contributed by atoms with E-state index >= 15 is 0 Å². The summed E-state index contributed by atoms with van der Waals surface area (Å²) in [6.07, 6.45) is 16.1. The zero-order chi connectivity index (χ0) is 32.6. The van der Waals surface area contributed by atoms with Crippen LogP contribution in [0.3, 0.4) is 0 Å². The van der Waals surface area contributed by atoms with E-state index in [1.807, 2.05) is 6.92 Å². The standard InChI is InChI=1S/C40H58O5/c1-25(2)29(41)12-9-26(3)28-17-19-38(7)33-15-14-32-36(4,5)34(18-20-39(32)24-40(33,39)22-21-37(28,38)6)45-35(43)16-11-27-10-13-30(42)31(23-27)44-8/h10-11,13,16,23,26,28-29,32-34,41-42H,1,9,12,14-15,17-22,24H2,2-8H3. The summed E-state index contributed by atoms with van der Waals surface area (Å²) in [5, 5.41) is 20.3. The van der Waals surface area contributed by atoms with Crippen LogP contribution in [0.1, 0.15) is 118 Å². The van der Waals surface area contributed by atoms with Gasteiger partial charge in [0.2, 0.25) is 0 Å². The summed E-state index contributed by atoms with van der Waals surface area (Å²) < 4.78 is 11.4. The number of esters is 1. The lowest BCUT2D eigenvalue weighted by Crippen LogP contribution is -2.58. The second kappa shape index (κ2) is 11.2. The lowest BCUT2D eigenvalue weighted by atomic mass is 9.41. The number of phenols is 1. The summed E-state index contributed by atoms with van der Waals surface area (Å²) in [5.74, 6) is 2.90. The number of carbonyl (C=O) groups is 1. The van der Waals surface area contributed by atoms with Crippen molar-refractivity contribution in [1.29, 1.82) is 0 Å². The smallest absolute Gasteiger partial charge is 0.331 e. The fourth-order valence-electron chi connectivity index (χ4n) is 12.5. The Morgan fingerprint density at radius 2 is 1.71 bits per heavy atom. The van der Waals surface area contributed by atoms with Gasteiger partial charge in [-0.05, 0) is 147 Å². The van der Waals surface area contributed by atoms with E-state index in [1.165, 1.54) is 64.6 Å². The number of methoxy groups -OCH3 is 1. The largest absolute Gasteiger partial charge is 0.504 e. The minimum absolute atomic E-state index is 0.0591. The van der Waals surface area contributed by atoms with Gasteiger partial charge in [0.1, 0.15) is 6.10 Å². The summed E-state index contributed by atoms with van der Waals surface area (Å²) in [6, 6.07) is 5.06. The number of aliphatic hydroxyl groups is 1. The van der Waals surface area contributed by atoms with Gasteiger partial charge in [-0.25, -0.2) is 4.79 Å². The number of hydrogen-bond acceptors (Lipinski definition) is 5. The minimum Gasteiger partial charge on any atom is -0.504 e. The van der Waals surface area contributed by atoms with Gasteiger partial charge < -0.3 is 19.7 Å². The van der Waals surface area contributed by atoms with Crippen LogP contribution >= 0.6 is 0 Å². The molecule has 0 aliphatic heterocycles. The number of benzene rings is 1. The highest BCUT2D eigenvalue weighted by Crippen LogP contribution is 2.89. The van der Waals surface area contributed by atoms with Crippen molar-refractivity contribution in [2.75, 3.05) is 7.11 Å². The number of ether oxygens (including phenoxy) is 2. The third-order valence-corrected chi connectivity index (χ3v) is 15.1. The number of aromatic hydroxyl groups is 1. The quantitative estimate of drug-likeness (QED) is 0.164. The number of carbonyl (C=O) groups excluding carboxylic acids is 1. The summed E-state index contributed by atoms with van der Waals surface area (Å²) in [6.45, 7) is 18.4. The number of hydrogen-bond donors (Lipinski definition) is 2. The van der Waals surface area contributed by atoms with Crippen LogP contribution in [-0.4, -0.2) is 35.5 Å². The van der Waals surface area contributed by atoms with Crippen LogP contribution in [0.25, 0.3) is 6.08 Å². The van der Waals surface area contributed by atoms with Crippen LogP contribution < -0.4 is 4.74 Å². The number of fused-ring (bicyclic) bond motifs is 2. The molecule has 5 aliphatic rings. The van der Waals surface area contributed by atoms with E-state index in [1.54, 1.807) is 24.3 Å². The van der Waals surface area contributed by atoms with Crippen molar-refractivity contribution in [1.82, 2.24) is 0 Å². The Bertz CT molecular complexity index is 1360. The van der Waals surface area contributed by atoms with Crippen molar-refractivity contribution in [2.45, 2.75) is 124 Å². The van der Waals surface area contributed by atoms with E-state index in [-0.39, 0.29) is 29.3 Å². The number of aliphatic hydroxyl groups excluding tert-OH is 1. The van der Waals surface area contributed by atoms with E-state index < -0.39 is 0 Å². The van der Waals surface area contributed by atoms with Gasteiger partial charge in [-0.1, -0.05) is 52.8 Å². The lowest BCUT2D eigenvalue weighted by molar-refractivity contribution is -0.179. The lowest BCUT2D eigenvalue weighted by Gasteiger charge is -2.63. The Labute approximate surface area is 271 Å². The van der Waals surface area contributed by atoms with Crippen LogP contribution in [0.15, 0.2) is 36.4 Å². The summed E-state index contributed by atoms with van der Waals surface area (Å²) in [4.78, 5) is 13.1. The molecule has 2 spiro atoms. The van der Waals surface area contributed by atoms with Crippen molar-refractivity contribution in [3.05, 3.63) is 42.0 Å². The normalized spacial score (nSPS) is 40.8. The Morgan fingerprint density at radius 1 is 1.00 bits per heavy atom. The number of rotatable bonds is 9. The molecule has 5 aliphatic carbocycles. The highest BCUT2D eigenvalue weighted by atomic mass is 16.5. The van der Waals surface area contributed by atoms with Crippen LogP contribution in [0.4, 0.5) is 0 Å². The Balaban J connectivity index is 1.14. The highest BCUT2D eigenvalue weighted by molar-refractivity contribution is 5.87. The molecule has 5 saturated carbocycles. The molecule has 0 amide bonds. The molecule has 5 heteroatoms. The van der Waals surface area contributed by atoms with Gasteiger partial charge in [0, 0.05) is 11.5 Å². The average Bonchev–Trinajstić information content (AvgIpc) is 3.58. The monoisotopic (exact) mass is 618 g/mol. The molecule has 6 rings (SSSR count). The Hall–Kier alpha value is -2.27. The predicted molar refractivity (Wildman–Crippen MR) is 180 cm³/mol. The molecule has 10 unspecified atom stereocenters. The second-order valence-corrected chi connectivity index (χ2v) is 17.1. The predicted octanol–water partition coefficient (Wildman–Crippen LogP) is 9.12. The molecule has 2 N–H and O–H groups in total. The van der Waals surface area contributed by atoms with Crippen molar-refractivity contribution in [3.63, 3.8) is 0 Å². The first-order valence-corrected chi connectivity index (χ1v) is 17.7. The fourth-order valence-corrected chi connectivity index (χ4v) is 12.5. The zero-order valence-corrected chi connectivity index (χ0v) is 29.0. The maximum Gasteiger partial charge on any atom is 0.331 e. The van der Waals surface area contributed by atoms with Gasteiger partial charge in [-0.15, -0.1) is 0 Å². The van der Waals surface area contributed by atoms with E-state index in [9.17, 15) is 15.0 Å². The molecule has 0 radical (unpaired) electrons. The van der Waals surface area contributed by atoms with E-state index in [2.05, 4.69) is 41.2 Å². The van der Waals surface area contributed by atoms with Gasteiger partial charge in [0.25, 0.3) is 0 Å². The van der Waals surface area contributed by atoms with Crippen molar-refractivity contribution in [3.8, 4) is 11.5 Å². The van der Waals surface area contributed by atoms with Gasteiger partial charge >= 0.3 is 5.97 Å². The molecule has 0 aromatic heterocycles. The molecule has 0 heterocycles. The molecular weight excluding hydrogens is 560 g/mol. The number of phenolic OH excluding ortho intramolecular Hbond substituents is 1. The molecule has 5 nitrogen and oxygen atoms in total. The van der Waals surface area contributed by atoms with Crippen LogP contribution in [-0.2, 0) is 9.53 Å². The molecule has 248 valence electrons. The average molecular weight is 619 g/mol. The molecule has 1 aromatic carbocycles. The van der Waals surface area contributed by atoms with Crippen molar-refractivity contribution < 1.29 is 24.5 Å². The Kier molecular flexibility index (Phi) is 8.11. The van der Waals surface area contributed by atoms with Gasteiger partial charge in [0.05, 0.1) is 13.2 Å². The molecule has 1 aromatic rings. The molecule has 0 bridgehead atoms. The summed E-state index contributed by atoms with van der Waals surface area (Å²) in [7, 11) is 1.52. The van der Waals surface area contributed by atoms with Crippen molar-refractivity contribution in [2.24, 2.45) is 50.7 Å². The maximum atomic E-state index is 13.1. The minimum atomic E-state index is -0.374. The second-order valence-electron chi connectivity index (χ2n) is 17.1. The van der Waals surface area contributed by atoms with Crippen molar-refractivity contribution >= 4 is 12.0 Å². The first-order valence-electron chi connectivity index (χ1n) is 17.7. The SMILES string of the molecule is C=C(C)C(O)CCC(C)C1CCC2(C)C3CCC4C(C)(C)C(OC(=O)C=Cc5ccc(O)c(OC)c5)CCC45CC35CCC12C. The van der Waals surface area contributed by atoms with Crippen LogP contribution in [0.2, 0.25) is 0 Å². The topological polar surface area (TPSA) is 76.0 Å². The third kappa shape index (κ3) is 4.83. The molecule has 5 fully saturated rings. The fraction of sp³-hybridized carbons (Fsp3) is 0.725. The first kappa shape index (κ1) is 32.7. The van der Waals surface area contributed by atoms with Crippen LogP contribution in [0.5, 0.6) is 11.5 Å². The van der Waals surface area contributed by atoms with E-state index in [4.69, 9.17) is 9.47 Å². The zero-order valence-electron chi connectivity index (χ0n) is 29.0. The van der Waals surface area contributed by atoms with E-state index in [0.29, 0.717) is 39.2 Å². The molecular formula is C40H58O5. The highest BCUT2D eigenvalue weighted by Gasteiger charge is 2.82. The Morgan fingerprint density at radius 3 is 2.42 bits per heavy atom. The molecule has 10 atom stereocenters. The maximum absolute atomic E-state index is 13.1. The van der Waals surface area contributed by atoms with Crippen LogP contribution in [0, 0.1) is 50.7 Å². The summed E-state index contributed by atoms with van der Waals surface area (Å²) >= 11 is 0. The first-order chi connectivity index (χ1) is 21.1. The van der Waals surface area contributed by atoms with Gasteiger partial charge in [-0.2, -0.15) is 0 Å². The van der Waals surface area contributed by atoms with Gasteiger partial charge in [-0.3, -0.25) is 0 Å². The third-order valence-electron chi connectivity index (χ3n) is 15.1. The summed E-state index contributed by atoms with van der Waals surface area (Å²) in [5.41, 5.74) is 3.22. The van der Waals surface area contributed by atoms with Gasteiger partial charge in [0.15, 0.2) is 11.5 Å². The molecule has 0 saturated heterocycles. The molecule has 45 heavy (non-hydrogen) atoms.